The minimum atomic E-state index is -3.00. The van der Waals surface area contributed by atoms with E-state index < -0.39 is 18.5 Å². The van der Waals surface area contributed by atoms with Gasteiger partial charge in [-0.05, 0) is 47.5 Å². The minimum Gasteiger partial charge on any atom is -0.480 e. The molecule has 1 aliphatic heterocycles. The second kappa shape index (κ2) is 8.34. The Balaban J connectivity index is 1.87. The lowest BCUT2D eigenvalue weighted by Gasteiger charge is -2.30. The van der Waals surface area contributed by atoms with Crippen LogP contribution in [0.5, 0.6) is 11.5 Å². The first-order valence-electron chi connectivity index (χ1n) is 9.78. The van der Waals surface area contributed by atoms with Crippen molar-refractivity contribution in [3.63, 3.8) is 0 Å². The summed E-state index contributed by atoms with van der Waals surface area (Å²) in [5, 5.41) is 2.83. The van der Waals surface area contributed by atoms with Gasteiger partial charge >= 0.3 is 6.61 Å². The first-order chi connectivity index (χ1) is 14.8. The zero-order chi connectivity index (χ0) is 22.1. The van der Waals surface area contributed by atoms with E-state index in [4.69, 9.17) is 9.47 Å². The average Bonchev–Trinajstić information content (AvgIpc) is 2.72. The van der Waals surface area contributed by atoms with Crippen LogP contribution < -0.4 is 14.8 Å². The van der Waals surface area contributed by atoms with Crippen LogP contribution in [0, 0.1) is 11.7 Å². The number of nitrogens with one attached hydrogen (secondary N) is 1. The number of fused-ring (bicyclic) bond motifs is 3. The van der Waals surface area contributed by atoms with E-state index in [0.29, 0.717) is 33.7 Å². The minimum absolute atomic E-state index is 0.0228. The molecule has 4 nitrogen and oxygen atoms in total. The van der Waals surface area contributed by atoms with Crippen LogP contribution in [-0.4, -0.2) is 12.5 Å². The molecule has 3 aromatic rings. The highest BCUT2D eigenvalue weighted by molar-refractivity contribution is 5.93. The molecule has 1 amide bonds. The Morgan fingerprint density at radius 1 is 1.06 bits per heavy atom. The lowest BCUT2D eigenvalue weighted by molar-refractivity contribution is -0.118. The molecule has 0 aromatic heterocycles. The second-order valence-corrected chi connectivity index (χ2v) is 7.51. The van der Waals surface area contributed by atoms with Crippen molar-refractivity contribution in [2.75, 3.05) is 5.32 Å². The smallest absolute Gasteiger partial charge is 0.387 e. The molecule has 7 heteroatoms. The Labute approximate surface area is 177 Å². The van der Waals surface area contributed by atoms with Crippen LogP contribution in [0.1, 0.15) is 31.1 Å². The second-order valence-electron chi connectivity index (χ2n) is 7.51. The number of carbonyl (C=O) groups excluding carboxylic acids is 1. The summed E-state index contributed by atoms with van der Waals surface area (Å²) < 4.78 is 50.7. The normalized spacial score (nSPS) is 14.6. The summed E-state index contributed by atoms with van der Waals surface area (Å²) in [5.74, 6) is -0.490. The summed E-state index contributed by atoms with van der Waals surface area (Å²) >= 11 is 0. The lowest BCUT2D eigenvalue weighted by atomic mass is 9.88. The van der Waals surface area contributed by atoms with Crippen LogP contribution in [0.3, 0.4) is 0 Å². The van der Waals surface area contributed by atoms with Gasteiger partial charge in [0.1, 0.15) is 23.4 Å². The van der Waals surface area contributed by atoms with E-state index in [-0.39, 0.29) is 17.6 Å². The van der Waals surface area contributed by atoms with E-state index in [2.05, 4.69) is 5.32 Å². The Morgan fingerprint density at radius 2 is 1.84 bits per heavy atom. The molecule has 4 rings (SSSR count). The molecule has 0 saturated heterocycles. The zero-order valence-corrected chi connectivity index (χ0v) is 16.9. The number of hydrogen-bond donors (Lipinski definition) is 1. The van der Waals surface area contributed by atoms with Crippen LogP contribution in [-0.2, 0) is 4.79 Å². The fraction of sp³-hybridized carbons (Fsp3) is 0.208. The Hall–Kier alpha value is -3.48. The van der Waals surface area contributed by atoms with Gasteiger partial charge in [-0.15, -0.1) is 0 Å². The predicted octanol–water partition coefficient (Wildman–Crippen LogP) is 6.17. The first-order valence-corrected chi connectivity index (χ1v) is 9.78. The summed E-state index contributed by atoms with van der Waals surface area (Å²) in [6, 6.07) is 15.8. The van der Waals surface area contributed by atoms with E-state index in [1.54, 1.807) is 56.3 Å². The lowest BCUT2D eigenvalue weighted by Crippen LogP contribution is -2.20. The van der Waals surface area contributed by atoms with Gasteiger partial charge in [0.05, 0.1) is 5.56 Å². The van der Waals surface area contributed by atoms with Gasteiger partial charge in [-0.2, -0.15) is 8.78 Å². The van der Waals surface area contributed by atoms with E-state index in [9.17, 15) is 18.0 Å². The number of alkyl halides is 2. The van der Waals surface area contributed by atoms with Crippen molar-refractivity contribution < 1.29 is 27.4 Å². The van der Waals surface area contributed by atoms with Crippen molar-refractivity contribution in [2.45, 2.75) is 26.6 Å². The molecular formula is C24H20F3NO3. The fourth-order valence-electron chi connectivity index (χ4n) is 3.55. The summed E-state index contributed by atoms with van der Waals surface area (Å²) in [7, 11) is 0. The molecular weight excluding hydrogens is 407 g/mol. The summed E-state index contributed by atoms with van der Waals surface area (Å²) in [6.07, 6.45) is -0.698. The van der Waals surface area contributed by atoms with Crippen molar-refractivity contribution in [2.24, 2.45) is 5.92 Å². The number of amides is 1. The molecule has 0 saturated carbocycles. The molecule has 3 aromatic carbocycles. The van der Waals surface area contributed by atoms with Crippen LogP contribution in [0.2, 0.25) is 0 Å². The first kappa shape index (κ1) is 20.8. The van der Waals surface area contributed by atoms with E-state index in [1.165, 1.54) is 18.2 Å². The highest BCUT2D eigenvalue weighted by atomic mass is 19.3. The largest absolute Gasteiger partial charge is 0.480 e. The van der Waals surface area contributed by atoms with Crippen LogP contribution in [0.15, 0.2) is 60.7 Å². The number of anilines is 1. The Morgan fingerprint density at radius 3 is 2.55 bits per heavy atom. The van der Waals surface area contributed by atoms with Crippen molar-refractivity contribution in [1.82, 2.24) is 0 Å². The van der Waals surface area contributed by atoms with E-state index >= 15 is 0 Å². The molecule has 0 bridgehead atoms. The Bertz CT molecular complexity index is 1130. The quantitative estimate of drug-likeness (QED) is 0.530. The third kappa shape index (κ3) is 4.21. The standard InChI is InChI=1S/C24H20F3NO3/c1-13(2)23(29)28-16-9-10-17-18(12-16)22(14-5-3-6-15(25)11-14)30-19-7-4-8-20(21(17)19)31-24(26)27/h3-13,22,24H,1-2H3,(H,28,29). The maximum Gasteiger partial charge on any atom is 0.387 e. The zero-order valence-electron chi connectivity index (χ0n) is 16.9. The molecule has 1 atom stereocenters. The maximum absolute atomic E-state index is 13.9. The monoisotopic (exact) mass is 427 g/mol. The summed E-state index contributed by atoms with van der Waals surface area (Å²) in [5.41, 5.74) is 2.67. The van der Waals surface area contributed by atoms with Gasteiger partial charge in [0.25, 0.3) is 0 Å². The molecule has 1 aliphatic rings. The van der Waals surface area contributed by atoms with Gasteiger partial charge in [0.15, 0.2) is 0 Å². The summed E-state index contributed by atoms with van der Waals surface area (Å²) in [6.45, 7) is 0.549. The van der Waals surface area contributed by atoms with E-state index in [0.717, 1.165) is 0 Å². The van der Waals surface area contributed by atoms with Crippen LogP contribution >= 0.6 is 0 Å². The third-order valence-electron chi connectivity index (χ3n) is 5.00. The molecule has 1 heterocycles. The van der Waals surface area contributed by atoms with Gasteiger partial charge in [0.2, 0.25) is 5.91 Å². The van der Waals surface area contributed by atoms with Gasteiger partial charge in [-0.3, -0.25) is 4.79 Å². The molecule has 1 N–H and O–H groups in total. The highest BCUT2D eigenvalue weighted by Gasteiger charge is 2.31. The van der Waals surface area contributed by atoms with Gasteiger partial charge in [0, 0.05) is 17.2 Å². The molecule has 1 unspecified atom stereocenters. The van der Waals surface area contributed by atoms with Gasteiger partial charge in [-0.1, -0.05) is 38.1 Å². The van der Waals surface area contributed by atoms with Gasteiger partial charge < -0.3 is 14.8 Å². The van der Waals surface area contributed by atoms with Crippen molar-refractivity contribution >= 4 is 11.6 Å². The molecule has 0 radical (unpaired) electrons. The Kier molecular flexibility index (Phi) is 5.59. The number of benzene rings is 3. The average molecular weight is 427 g/mol. The molecule has 0 aliphatic carbocycles. The van der Waals surface area contributed by atoms with Crippen molar-refractivity contribution in [1.29, 1.82) is 0 Å². The van der Waals surface area contributed by atoms with Crippen LogP contribution in [0.4, 0.5) is 18.9 Å². The fourth-order valence-corrected chi connectivity index (χ4v) is 3.55. The molecule has 160 valence electrons. The van der Waals surface area contributed by atoms with Crippen molar-refractivity contribution in [3.05, 3.63) is 77.6 Å². The maximum atomic E-state index is 13.9. The molecule has 31 heavy (non-hydrogen) atoms. The predicted molar refractivity (Wildman–Crippen MR) is 111 cm³/mol. The topological polar surface area (TPSA) is 47.6 Å². The van der Waals surface area contributed by atoms with Crippen LogP contribution in [0.25, 0.3) is 11.1 Å². The highest BCUT2D eigenvalue weighted by Crippen LogP contribution is 2.49. The van der Waals surface area contributed by atoms with Crippen molar-refractivity contribution in [3.8, 4) is 22.6 Å². The SMILES string of the molecule is CC(C)C(=O)Nc1ccc2c(c1)C(c1cccc(F)c1)Oc1cccc(OC(F)F)c1-2. The number of ether oxygens (including phenoxy) is 2. The number of halogens is 3. The van der Waals surface area contributed by atoms with E-state index in [1.807, 2.05) is 0 Å². The number of rotatable bonds is 5. The third-order valence-corrected chi connectivity index (χ3v) is 5.00. The number of carbonyl (C=O) groups is 1. The van der Waals surface area contributed by atoms with Gasteiger partial charge in [-0.25, -0.2) is 4.39 Å². The molecule has 0 spiro atoms. The molecule has 0 fully saturated rings. The number of hydrogen-bond acceptors (Lipinski definition) is 3. The summed E-state index contributed by atoms with van der Waals surface area (Å²) in [4.78, 5) is 12.2.